The summed E-state index contributed by atoms with van der Waals surface area (Å²) in [5.74, 6) is 0.786. The first-order valence-electron chi connectivity index (χ1n) is 11.2. The highest BCUT2D eigenvalue weighted by atomic mass is 127. The van der Waals surface area contributed by atoms with Crippen molar-refractivity contribution in [3.05, 3.63) is 76.0 Å². The molecule has 2 heterocycles. The zero-order valence-corrected chi connectivity index (χ0v) is 23.8. The highest BCUT2D eigenvalue weighted by molar-refractivity contribution is 14.1. The summed E-state index contributed by atoms with van der Waals surface area (Å²) in [7, 11) is 4.52. The van der Waals surface area contributed by atoms with Gasteiger partial charge in [0, 0.05) is 5.56 Å². The van der Waals surface area contributed by atoms with E-state index in [2.05, 4.69) is 4.99 Å². The first kappa shape index (κ1) is 26.7. The van der Waals surface area contributed by atoms with Gasteiger partial charge in [-0.05, 0) is 78.4 Å². The largest absolute Gasteiger partial charge is 0.504 e. The number of halogens is 1. The topological polar surface area (TPSA) is 109 Å². The molecule has 0 spiro atoms. The second-order valence-electron chi connectivity index (χ2n) is 7.96. The highest BCUT2D eigenvalue weighted by Gasteiger charge is 2.35. The lowest BCUT2D eigenvalue weighted by Gasteiger charge is -2.26. The quantitative estimate of drug-likeness (QED) is 0.314. The molecular weight excluding hydrogens is 611 g/mol. The van der Waals surface area contributed by atoms with Crippen LogP contribution in [0.15, 0.2) is 51.4 Å². The first-order valence-corrected chi connectivity index (χ1v) is 13.1. The molecule has 4 rings (SSSR count). The maximum Gasteiger partial charge on any atom is 0.338 e. The minimum absolute atomic E-state index is 0.0292. The van der Waals surface area contributed by atoms with Crippen LogP contribution < -0.4 is 29.1 Å². The third-order valence-corrected chi connectivity index (χ3v) is 7.62. The maximum atomic E-state index is 13.8. The summed E-state index contributed by atoms with van der Waals surface area (Å²) in [6.07, 6.45) is 1.71. The SMILES string of the molecule is CCOC(=O)C1=C(C)N=c2s/c(=C/c3cc(I)c(O)c(OC)c3)c(=O)n2C1c1cc(OC)ccc1OC. The molecule has 0 bridgehead atoms. The number of aromatic nitrogens is 1. The Morgan fingerprint density at radius 2 is 1.89 bits per heavy atom. The van der Waals surface area contributed by atoms with Gasteiger partial charge in [0.05, 0.1) is 47.3 Å². The molecule has 0 saturated heterocycles. The number of rotatable bonds is 7. The molecule has 1 aliphatic heterocycles. The van der Waals surface area contributed by atoms with E-state index in [1.54, 1.807) is 50.3 Å². The number of fused-ring (bicyclic) bond motifs is 1. The van der Waals surface area contributed by atoms with E-state index in [-0.39, 0.29) is 23.5 Å². The standard InChI is InChI=1S/C26H25IN2O7S/c1-6-36-25(32)21-13(2)28-26-29(22(21)16-12-15(33-3)7-8-18(16)34-4)24(31)20(37-26)11-14-9-17(27)23(30)19(10-14)35-5/h7-12,22,30H,6H2,1-5H3/b20-11+. The number of esters is 1. The third kappa shape index (κ3) is 4.97. The molecule has 1 unspecified atom stereocenters. The lowest BCUT2D eigenvalue weighted by Crippen LogP contribution is -2.40. The number of ether oxygens (including phenoxy) is 4. The Kier molecular flexibility index (Phi) is 7.93. The number of hydrogen-bond acceptors (Lipinski definition) is 9. The molecule has 0 amide bonds. The molecular formula is C26H25IN2O7S. The van der Waals surface area contributed by atoms with Gasteiger partial charge >= 0.3 is 5.97 Å². The van der Waals surface area contributed by atoms with Crippen molar-refractivity contribution in [2.45, 2.75) is 19.9 Å². The van der Waals surface area contributed by atoms with E-state index < -0.39 is 12.0 Å². The summed E-state index contributed by atoms with van der Waals surface area (Å²) in [4.78, 5) is 32.0. The van der Waals surface area contributed by atoms with Gasteiger partial charge in [-0.25, -0.2) is 9.79 Å². The molecule has 2 aromatic carbocycles. The summed E-state index contributed by atoms with van der Waals surface area (Å²) in [5.41, 5.74) is 1.58. The molecule has 0 radical (unpaired) electrons. The van der Waals surface area contributed by atoms with E-state index in [1.165, 1.54) is 37.2 Å². The van der Waals surface area contributed by atoms with Crippen molar-refractivity contribution < 1.29 is 28.8 Å². The van der Waals surface area contributed by atoms with E-state index in [4.69, 9.17) is 18.9 Å². The van der Waals surface area contributed by atoms with Crippen LogP contribution in [0, 0.1) is 3.57 Å². The Bertz CT molecular complexity index is 1590. The van der Waals surface area contributed by atoms with Gasteiger partial charge in [-0.2, -0.15) is 0 Å². The third-order valence-electron chi connectivity index (χ3n) is 5.82. The molecule has 11 heteroatoms. The van der Waals surface area contributed by atoms with E-state index in [0.29, 0.717) is 47.0 Å². The van der Waals surface area contributed by atoms with Crippen LogP contribution in [0.25, 0.3) is 6.08 Å². The van der Waals surface area contributed by atoms with Crippen LogP contribution in [0.3, 0.4) is 0 Å². The monoisotopic (exact) mass is 636 g/mol. The number of nitrogens with zero attached hydrogens (tertiary/aromatic N) is 2. The number of aromatic hydroxyl groups is 1. The van der Waals surface area contributed by atoms with Crippen molar-refractivity contribution in [2.24, 2.45) is 4.99 Å². The van der Waals surface area contributed by atoms with Gasteiger partial charge in [-0.15, -0.1) is 0 Å². The molecule has 1 N–H and O–H groups in total. The summed E-state index contributed by atoms with van der Waals surface area (Å²) >= 11 is 3.20. The maximum absolute atomic E-state index is 13.8. The van der Waals surface area contributed by atoms with Crippen molar-refractivity contribution in [3.63, 3.8) is 0 Å². The first-order chi connectivity index (χ1) is 17.7. The fourth-order valence-electron chi connectivity index (χ4n) is 4.12. The number of benzene rings is 2. The number of phenolic OH excluding ortho intramolecular Hbond substituents is 1. The van der Waals surface area contributed by atoms with Gasteiger partial charge in [-0.1, -0.05) is 11.3 Å². The Morgan fingerprint density at radius 1 is 1.16 bits per heavy atom. The molecule has 0 fully saturated rings. The van der Waals surface area contributed by atoms with Crippen LogP contribution in [0.5, 0.6) is 23.0 Å². The molecule has 9 nitrogen and oxygen atoms in total. The van der Waals surface area contributed by atoms with Crippen molar-refractivity contribution in [1.29, 1.82) is 0 Å². The van der Waals surface area contributed by atoms with Crippen LogP contribution in [0.4, 0.5) is 0 Å². The van der Waals surface area contributed by atoms with Gasteiger partial charge in [0.15, 0.2) is 16.3 Å². The number of hydrogen-bond donors (Lipinski definition) is 1. The molecule has 1 aromatic heterocycles. The fraction of sp³-hybridized carbons (Fsp3) is 0.269. The molecule has 1 aliphatic rings. The van der Waals surface area contributed by atoms with Crippen LogP contribution in [0.1, 0.15) is 31.0 Å². The summed E-state index contributed by atoms with van der Waals surface area (Å²) < 4.78 is 24.1. The predicted octanol–water partition coefficient (Wildman–Crippen LogP) is 3.13. The van der Waals surface area contributed by atoms with Crippen LogP contribution in [-0.4, -0.2) is 43.6 Å². The van der Waals surface area contributed by atoms with Gasteiger partial charge in [-0.3, -0.25) is 9.36 Å². The van der Waals surface area contributed by atoms with Gasteiger partial charge in [0.1, 0.15) is 17.5 Å². The van der Waals surface area contributed by atoms with Crippen LogP contribution in [-0.2, 0) is 9.53 Å². The fourth-order valence-corrected chi connectivity index (χ4v) is 5.79. The normalized spacial score (nSPS) is 15.2. The predicted molar refractivity (Wildman–Crippen MR) is 147 cm³/mol. The van der Waals surface area contributed by atoms with Crippen LogP contribution in [0.2, 0.25) is 0 Å². The number of thiazole rings is 1. The molecule has 194 valence electrons. The lowest BCUT2D eigenvalue weighted by atomic mass is 9.94. The highest BCUT2D eigenvalue weighted by Crippen LogP contribution is 2.38. The minimum atomic E-state index is -0.850. The number of carbonyl (C=O) groups is 1. The number of carbonyl (C=O) groups excluding carboxylic acids is 1. The summed E-state index contributed by atoms with van der Waals surface area (Å²) in [6.45, 7) is 3.61. The Labute approximate surface area is 230 Å². The number of allylic oxidation sites excluding steroid dienone is 1. The van der Waals surface area contributed by atoms with Crippen LogP contribution >= 0.6 is 33.9 Å². The number of phenols is 1. The van der Waals surface area contributed by atoms with Gasteiger partial charge in [0.25, 0.3) is 5.56 Å². The van der Waals surface area contributed by atoms with Crippen molar-refractivity contribution >= 4 is 46.0 Å². The molecule has 0 saturated carbocycles. The average molecular weight is 636 g/mol. The Hall–Kier alpha value is -3.32. The Balaban J connectivity index is 2.01. The summed E-state index contributed by atoms with van der Waals surface area (Å²) in [5, 5.41) is 10.2. The average Bonchev–Trinajstić information content (AvgIpc) is 3.18. The Morgan fingerprint density at radius 3 is 2.54 bits per heavy atom. The lowest BCUT2D eigenvalue weighted by molar-refractivity contribution is -0.139. The van der Waals surface area contributed by atoms with Crippen molar-refractivity contribution in [3.8, 4) is 23.0 Å². The zero-order chi connectivity index (χ0) is 26.9. The molecule has 3 aromatic rings. The van der Waals surface area contributed by atoms with E-state index in [0.717, 1.165) is 0 Å². The molecule has 0 aliphatic carbocycles. The molecule has 1 atom stereocenters. The molecule has 37 heavy (non-hydrogen) atoms. The number of methoxy groups -OCH3 is 3. The minimum Gasteiger partial charge on any atom is -0.504 e. The zero-order valence-electron chi connectivity index (χ0n) is 20.8. The van der Waals surface area contributed by atoms with Crippen molar-refractivity contribution in [2.75, 3.05) is 27.9 Å². The van der Waals surface area contributed by atoms with Crippen molar-refractivity contribution in [1.82, 2.24) is 4.57 Å². The smallest absolute Gasteiger partial charge is 0.338 e. The second kappa shape index (κ2) is 11.0. The van der Waals surface area contributed by atoms with E-state index >= 15 is 0 Å². The summed E-state index contributed by atoms with van der Waals surface area (Å²) in [6, 6.07) is 7.75. The van der Waals surface area contributed by atoms with Gasteiger partial charge < -0.3 is 24.1 Å². The van der Waals surface area contributed by atoms with E-state index in [9.17, 15) is 14.7 Å². The van der Waals surface area contributed by atoms with E-state index in [1.807, 2.05) is 22.6 Å². The van der Waals surface area contributed by atoms with Gasteiger partial charge in [0.2, 0.25) is 0 Å². The second-order valence-corrected chi connectivity index (χ2v) is 10.1.